The normalized spacial score (nSPS) is 17.5. The Bertz CT molecular complexity index is 1540. The van der Waals surface area contributed by atoms with E-state index in [9.17, 15) is 27.6 Å². The standard InChI is InChI=1S/C31H29F3N4O5/c32-31(33,34)23-6-4-5-22(16-23)28(40)36-13-11-30(12-14-36)29(41)37(19-38(30)24-7-2-1-3-8-24)18-27(39)35-17-21-9-10-25-26(15-21)43-20-42-25/h1-10,15-16H,11-14,17-20H2,(H,35,39). The first-order valence-electron chi connectivity index (χ1n) is 13.9. The van der Waals surface area contributed by atoms with Gasteiger partial charge in [0.05, 0.1) is 12.2 Å². The van der Waals surface area contributed by atoms with Crippen LogP contribution in [0.2, 0.25) is 0 Å². The number of benzene rings is 3. The minimum absolute atomic E-state index is 0.0517. The number of carbonyl (C=O) groups excluding carboxylic acids is 3. The van der Waals surface area contributed by atoms with Crippen LogP contribution in [0.15, 0.2) is 72.8 Å². The molecule has 0 radical (unpaired) electrons. The zero-order valence-electron chi connectivity index (χ0n) is 23.1. The Morgan fingerprint density at radius 1 is 0.907 bits per heavy atom. The lowest BCUT2D eigenvalue weighted by Crippen LogP contribution is -2.57. The Balaban J connectivity index is 1.15. The summed E-state index contributed by atoms with van der Waals surface area (Å²) in [6.45, 7) is 0.780. The number of piperidine rings is 1. The summed E-state index contributed by atoms with van der Waals surface area (Å²) in [5.41, 5.74) is -0.309. The highest BCUT2D eigenvalue weighted by Gasteiger charge is 2.54. The molecule has 43 heavy (non-hydrogen) atoms. The molecule has 3 aliphatic rings. The smallest absolute Gasteiger partial charge is 0.416 e. The van der Waals surface area contributed by atoms with E-state index in [1.807, 2.05) is 41.3 Å². The third-order valence-electron chi connectivity index (χ3n) is 8.16. The number of nitrogens with zero attached hydrogens (tertiary/aromatic N) is 3. The molecule has 6 rings (SSSR count). The highest BCUT2D eigenvalue weighted by Crippen LogP contribution is 2.40. The van der Waals surface area contributed by atoms with E-state index in [0.717, 1.165) is 23.4 Å². The summed E-state index contributed by atoms with van der Waals surface area (Å²) in [5.74, 6) is 0.192. The van der Waals surface area contributed by atoms with E-state index in [1.54, 1.807) is 12.1 Å². The molecule has 3 aromatic carbocycles. The molecule has 0 saturated carbocycles. The molecule has 1 N–H and O–H groups in total. The number of anilines is 1. The Labute approximate surface area is 245 Å². The quantitative estimate of drug-likeness (QED) is 0.464. The Kier molecular flexibility index (Phi) is 7.37. The van der Waals surface area contributed by atoms with Gasteiger partial charge in [0.15, 0.2) is 11.5 Å². The first-order chi connectivity index (χ1) is 20.6. The van der Waals surface area contributed by atoms with Crippen molar-refractivity contribution in [3.63, 3.8) is 0 Å². The fourth-order valence-corrected chi connectivity index (χ4v) is 5.89. The van der Waals surface area contributed by atoms with Crippen molar-refractivity contribution < 1.29 is 37.0 Å². The average Bonchev–Trinajstić information content (AvgIpc) is 3.59. The molecular weight excluding hydrogens is 565 g/mol. The molecule has 9 nitrogen and oxygen atoms in total. The van der Waals surface area contributed by atoms with Crippen LogP contribution < -0.4 is 19.7 Å². The number of ether oxygens (including phenoxy) is 2. The largest absolute Gasteiger partial charge is 0.454 e. The summed E-state index contributed by atoms with van der Waals surface area (Å²) in [6.07, 6.45) is -4.03. The van der Waals surface area contributed by atoms with E-state index in [1.165, 1.54) is 21.9 Å². The summed E-state index contributed by atoms with van der Waals surface area (Å²) in [5, 5.41) is 2.86. The number of likely N-dealkylation sites (tertiary alicyclic amines) is 1. The first-order valence-corrected chi connectivity index (χ1v) is 13.9. The minimum atomic E-state index is -4.56. The number of fused-ring (bicyclic) bond motifs is 1. The van der Waals surface area contributed by atoms with Gasteiger partial charge in [-0.25, -0.2) is 0 Å². The number of hydrogen-bond donors (Lipinski definition) is 1. The zero-order valence-corrected chi connectivity index (χ0v) is 23.1. The average molecular weight is 595 g/mol. The topological polar surface area (TPSA) is 91.4 Å². The van der Waals surface area contributed by atoms with E-state index < -0.39 is 23.2 Å². The van der Waals surface area contributed by atoms with Gasteiger partial charge in [-0.2, -0.15) is 13.2 Å². The highest BCUT2D eigenvalue weighted by atomic mass is 19.4. The van der Waals surface area contributed by atoms with Gasteiger partial charge in [0.25, 0.3) is 11.8 Å². The van der Waals surface area contributed by atoms with Crippen LogP contribution in [0.3, 0.4) is 0 Å². The van der Waals surface area contributed by atoms with Gasteiger partial charge in [-0.05, 0) is 60.9 Å². The van der Waals surface area contributed by atoms with Crippen LogP contribution in [0.1, 0.15) is 34.3 Å². The van der Waals surface area contributed by atoms with Crippen molar-refractivity contribution in [2.75, 3.05) is 38.0 Å². The molecule has 0 aromatic heterocycles. The van der Waals surface area contributed by atoms with Crippen LogP contribution in [0.25, 0.3) is 0 Å². The van der Waals surface area contributed by atoms with Crippen molar-refractivity contribution in [1.82, 2.24) is 15.1 Å². The lowest BCUT2D eigenvalue weighted by atomic mass is 9.85. The summed E-state index contributed by atoms with van der Waals surface area (Å²) < 4.78 is 50.4. The van der Waals surface area contributed by atoms with Gasteiger partial charge in [0.1, 0.15) is 12.1 Å². The maximum Gasteiger partial charge on any atom is 0.416 e. The number of rotatable bonds is 6. The molecule has 224 valence electrons. The molecule has 0 aliphatic carbocycles. The van der Waals surface area contributed by atoms with E-state index in [-0.39, 0.29) is 69.9 Å². The number of amides is 3. The number of carbonyl (C=O) groups is 3. The SMILES string of the molecule is O=C(CN1CN(c2ccccc2)C2(CCN(C(=O)c3cccc(C(F)(F)F)c3)CC2)C1=O)NCc1ccc2c(c1)OCO2. The van der Waals surface area contributed by atoms with E-state index in [0.29, 0.717) is 11.5 Å². The monoisotopic (exact) mass is 594 g/mol. The maximum absolute atomic E-state index is 14.0. The van der Waals surface area contributed by atoms with E-state index in [2.05, 4.69) is 5.32 Å². The number of para-hydroxylation sites is 1. The van der Waals surface area contributed by atoms with Crippen LogP contribution in [-0.2, 0) is 22.3 Å². The predicted octanol–water partition coefficient (Wildman–Crippen LogP) is 4.03. The lowest BCUT2D eigenvalue weighted by molar-refractivity contribution is -0.137. The molecule has 3 heterocycles. The van der Waals surface area contributed by atoms with Crippen LogP contribution in [0.4, 0.5) is 18.9 Å². The molecule has 3 amide bonds. The molecule has 2 saturated heterocycles. The van der Waals surface area contributed by atoms with Gasteiger partial charge >= 0.3 is 6.18 Å². The zero-order chi connectivity index (χ0) is 30.2. The van der Waals surface area contributed by atoms with Crippen molar-refractivity contribution in [2.24, 2.45) is 0 Å². The van der Waals surface area contributed by atoms with Gasteiger partial charge in [-0.3, -0.25) is 14.4 Å². The van der Waals surface area contributed by atoms with Crippen LogP contribution in [0, 0.1) is 0 Å². The van der Waals surface area contributed by atoms with Crippen LogP contribution in [-0.4, -0.2) is 66.2 Å². The van der Waals surface area contributed by atoms with Crippen molar-refractivity contribution in [1.29, 1.82) is 0 Å². The number of halogens is 3. The molecule has 3 aromatic rings. The minimum Gasteiger partial charge on any atom is -0.454 e. The number of hydrogen-bond acceptors (Lipinski definition) is 6. The van der Waals surface area contributed by atoms with Gasteiger partial charge in [0.2, 0.25) is 12.7 Å². The Hall–Kier alpha value is -4.74. The molecule has 2 fully saturated rings. The summed E-state index contributed by atoms with van der Waals surface area (Å²) in [4.78, 5) is 45.0. The summed E-state index contributed by atoms with van der Waals surface area (Å²) in [7, 11) is 0. The molecule has 1 spiro atoms. The first kappa shape index (κ1) is 28.4. The second-order valence-electron chi connectivity index (χ2n) is 10.8. The second kappa shape index (κ2) is 11.2. The van der Waals surface area contributed by atoms with Crippen molar-refractivity contribution >= 4 is 23.4 Å². The third-order valence-corrected chi connectivity index (χ3v) is 8.16. The number of nitrogens with one attached hydrogen (secondary N) is 1. The molecule has 0 bridgehead atoms. The van der Waals surface area contributed by atoms with Crippen molar-refractivity contribution in [3.8, 4) is 11.5 Å². The maximum atomic E-state index is 14.0. The fourth-order valence-electron chi connectivity index (χ4n) is 5.89. The molecule has 3 aliphatic heterocycles. The second-order valence-corrected chi connectivity index (χ2v) is 10.8. The third kappa shape index (κ3) is 5.56. The van der Waals surface area contributed by atoms with Gasteiger partial charge in [0, 0.05) is 30.9 Å². The Morgan fingerprint density at radius 2 is 1.65 bits per heavy atom. The lowest BCUT2D eigenvalue weighted by Gasteiger charge is -2.43. The highest BCUT2D eigenvalue weighted by molar-refractivity contribution is 5.97. The van der Waals surface area contributed by atoms with Crippen LogP contribution >= 0.6 is 0 Å². The molecule has 12 heteroatoms. The van der Waals surface area contributed by atoms with Crippen LogP contribution in [0.5, 0.6) is 11.5 Å². The number of alkyl halides is 3. The Morgan fingerprint density at radius 3 is 2.40 bits per heavy atom. The summed E-state index contributed by atoms with van der Waals surface area (Å²) >= 11 is 0. The van der Waals surface area contributed by atoms with Crippen molar-refractivity contribution in [3.05, 3.63) is 89.5 Å². The van der Waals surface area contributed by atoms with Gasteiger partial charge in [-0.1, -0.05) is 30.3 Å². The fraction of sp³-hybridized carbons (Fsp3) is 0.323. The molecule has 0 atom stereocenters. The molecule has 0 unspecified atom stereocenters. The van der Waals surface area contributed by atoms with E-state index >= 15 is 0 Å². The van der Waals surface area contributed by atoms with Gasteiger partial charge < -0.3 is 29.5 Å². The predicted molar refractivity (Wildman–Crippen MR) is 149 cm³/mol. The van der Waals surface area contributed by atoms with Gasteiger partial charge in [-0.15, -0.1) is 0 Å². The summed E-state index contributed by atoms with van der Waals surface area (Å²) in [6, 6.07) is 19.1. The van der Waals surface area contributed by atoms with Crippen molar-refractivity contribution in [2.45, 2.75) is 31.1 Å². The van der Waals surface area contributed by atoms with E-state index in [4.69, 9.17) is 9.47 Å². The molecular formula is C31H29F3N4O5.